The van der Waals surface area contributed by atoms with Crippen LogP contribution < -0.4 is 11.2 Å². The highest BCUT2D eigenvalue weighted by molar-refractivity contribution is 6.09. The number of nitrogens with two attached hydrogens (primary N) is 1. The molecular weight excluding hydrogens is 455 g/mol. The zero-order valence-electron chi connectivity index (χ0n) is 19.7. The van der Waals surface area contributed by atoms with E-state index in [4.69, 9.17) is 5.73 Å². The van der Waals surface area contributed by atoms with Crippen LogP contribution in [0.1, 0.15) is 38.2 Å². The summed E-state index contributed by atoms with van der Waals surface area (Å²) in [5, 5.41) is 23.2. The molecule has 2 atom stereocenters. The van der Waals surface area contributed by atoms with Crippen LogP contribution in [0.4, 0.5) is 10.1 Å². The third-order valence-electron chi connectivity index (χ3n) is 7.60. The fourth-order valence-corrected chi connectivity index (χ4v) is 5.65. The minimum absolute atomic E-state index is 0.195. The molecule has 0 aromatic heterocycles. The number of nitro benzene ring substituents is 1. The molecule has 35 heavy (non-hydrogen) atoms. The molecule has 5 rings (SSSR count). The lowest BCUT2D eigenvalue weighted by molar-refractivity contribution is -0.387. The number of aliphatic hydroxyl groups excluding tert-OH is 1. The van der Waals surface area contributed by atoms with E-state index in [1.165, 1.54) is 18.5 Å². The summed E-state index contributed by atoms with van der Waals surface area (Å²) in [5.74, 6) is -0.585. The first kappa shape index (κ1) is 23.8. The van der Waals surface area contributed by atoms with Crippen LogP contribution in [-0.4, -0.2) is 87.7 Å². The number of nitro groups is 1. The fraction of sp³-hybridized carbons (Fsp3) is 0.565. The summed E-state index contributed by atoms with van der Waals surface area (Å²) in [6.07, 6.45) is 4.67. The van der Waals surface area contributed by atoms with Gasteiger partial charge in [-0.3, -0.25) is 19.9 Å². The number of fused-ring (bicyclic) bond motifs is 1. The number of amidine groups is 1. The van der Waals surface area contributed by atoms with Gasteiger partial charge in [-0.05, 0) is 44.7 Å². The van der Waals surface area contributed by atoms with Crippen LogP contribution >= 0.6 is 0 Å². The highest BCUT2D eigenvalue weighted by Crippen LogP contribution is 2.37. The molecule has 3 heterocycles. The Kier molecular flexibility index (Phi) is 6.53. The zero-order chi connectivity index (χ0) is 24.7. The van der Waals surface area contributed by atoms with Crippen LogP contribution in [-0.2, 0) is 0 Å². The van der Waals surface area contributed by atoms with Gasteiger partial charge in [-0.25, -0.2) is 9.98 Å². The van der Waals surface area contributed by atoms with E-state index in [1.807, 2.05) is 6.92 Å². The molecule has 1 saturated heterocycles. The van der Waals surface area contributed by atoms with Crippen LogP contribution in [0.25, 0.3) is 5.70 Å². The Hall–Kier alpha value is -2.93. The quantitative estimate of drug-likeness (QED) is 0.418. The first-order chi connectivity index (χ1) is 16.8. The van der Waals surface area contributed by atoms with Crippen LogP contribution in [0, 0.1) is 15.9 Å². The Morgan fingerprint density at radius 2 is 1.89 bits per heavy atom. The second kappa shape index (κ2) is 9.61. The van der Waals surface area contributed by atoms with Crippen molar-refractivity contribution in [1.82, 2.24) is 20.2 Å². The fourth-order valence-electron chi connectivity index (χ4n) is 5.65. The molecule has 4 aliphatic rings. The Labute approximate surface area is 202 Å². The van der Waals surface area contributed by atoms with Crippen molar-refractivity contribution in [2.45, 2.75) is 57.1 Å². The van der Waals surface area contributed by atoms with E-state index in [-0.39, 0.29) is 12.2 Å². The van der Waals surface area contributed by atoms with Gasteiger partial charge in [-0.2, -0.15) is 9.40 Å². The summed E-state index contributed by atoms with van der Waals surface area (Å²) in [6.45, 7) is 5.49. The largest absolute Gasteiger partial charge is 0.383 e. The summed E-state index contributed by atoms with van der Waals surface area (Å²) in [4.78, 5) is 23.9. The molecule has 1 aromatic carbocycles. The molecule has 12 heteroatoms. The number of hydrogen-bond acceptors (Lipinski definition) is 10. The first-order valence-electron chi connectivity index (χ1n) is 12.1. The molecule has 3 aliphatic heterocycles. The monoisotopic (exact) mass is 486 g/mol. The smallest absolute Gasteiger partial charge is 0.305 e. The number of benzene rings is 1. The third kappa shape index (κ3) is 4.54. The number of hydrogen-bond donors (Lipinski definition) is 3. The van der Waals surface area contributed by atoms with Crippen molar-refractivity contribution in [3.05, 3.63) is 45.3 Å². The maximum atomic E-state index is 14.0. The van der Waals surface area contributed by atoms with Crippen molar-refractivity contribution >= 4 is 23.6 Å². The number of nitrogens with one attached hydrogen (secondary N) is 1. The van der Waals surface area contributed by atoms with Gasteiger partial charge in [0.1, 0.15) is 18.4 Å². The summed E-state index contributed by atoms with van der Waals surface area (Å²) in [7, 11) is 0. The molecule has 0 radical (unpaired) electrons. The predicted octanol–water partition coefficient (Wildman–Crippen LogP) is 1.26. The van der Waals surface area contributed by atoms with E-state index in [9.17, 15) is 19.6 Å². The predicted molar refractivity (Wildman–Crippen MR) is 130 cm³/mol. The number of hydrazine groups is 1. The molecule has 188 valence electrons. The molecule has 2 unspecified atom stereocenters. The van der Waals surface area contributed by atoms with E-state index < -0.39 is 22.7 Å². The first-order valence-corrected chi connectivity index (χ1v) is 12.1. The lowest BCUT2D eigenvalue weighted by Crippen LogP contribution is -2.55. The highest BCUT2D eigenvalue weighted by atomic mass is 19.1. The van der Waals surface area contributed by atoms with Crippen molar-refractivity contribution in [3.8, 4) is 0 Å². The summed E-state index contributed by atoms with van der Waals surface area (Å²) < 4.78 is 14.0. The maximum absolute atomic E-state index is 14.0. The van der Waals surface area contributed by atoms with Gasteiger partial charge in [0, 0.05) is 49.9 Å². The Bertz CT molecular complexity index is 1070. The zero-order valence-corrected chi connectivity index (χ0v) is 19.7. The second-order valence-corrected chi connectivity index (χ2v) is 9.55. The van der Waals surface area contributed by atoms with Crippen LogP contribution in [0.5, 0.6) is 0 Å². The molecule has 4 N–H and O–H groups in total. The van der Waals surface area contributed by atoms with Gasteiger partial charge in [-0.1, -0.05) is 0 Å². The topological polar surface area (TPSA) is 136 Å². The van der Waals surface area contributed by atoms with Crippen molar-refractivity contribution in [2.24, 2.45) is 15.7 Å². The highest BCUT2D eigenvalue weighted by Gasteiger charge is 2.42. The summed E-state index contributed by atoms with van der Waals surface area (Å²) in [6, 6.07) is 4.54. The standard InChI is InChI=1S/C23H31FN8O3/c1-14(33)29-8-10-30(11-9-29)16-3-5-17(6-4-16)31-23-20(22(25)26-13-27-23)21(28-31)15-2-7-18(24)19(12-15)32(34)35/h2,7,12-14,16-17,23,28,33H,3-6,8-11H2,1H3,(H2,25,26,27). The number of aliphatic imine (C=N–C) groups is 2. The van der Waals surface area contributed by atoms with Crippen molar-refractivity contribution in [3.63, 3.8) is 0 Å². The molecule has 0 spiro atoms. The van der Waals surface area contributed by atoms with Gasteiger partial charge in [0.25, 0.3) is 0 Å². The average Bonchev–Trinajstić information content (AvgIpc) is 3.25. The van der Waals surface area contributed by atoms with E-state index in [0.29, 0.717) is 28.7 Å². The molecule has 0 amide bonds. The minimum atomic E-state index is -0.883. The summed E-state index contributed by atoms with van der Waals surface area (Å²) >= 11 is 0. The molecule has 11 nitrogen and oxygen atoms in total. The molecule has 2 fully saturated rings. The van der Waals surface area contributed by atoms with E-state index in [0.717, 1.165) is 57.9 Å². The number of piperazine rings is 1. The number of halogens is 1. The van der Waals surface area contributed by atoms with Crippen LogP contribution in [0.3, 0.4) is 0 Å². The maximum Gasteiger partial charge on any atom is 0.305 e. The number of rotatable bonds is 5. The second-order valence-electron chi connectivity index (χ2n) is 9.55. The van der Waals surface area contributed by atoms with Gasteiger partial charge in [-0.15, -0.1) is 0 Å². The number of nitrogens with zero attached hydrogens (tertiary/aromatic N) is 6. The van der Waals surface area contributed by atoms with E-state index in [2.05, 4.69) is 30.2 Å². The molecule has 1 saturated carbocycles. The van der Waals surface area contributed by atoms with Crippen LogP contribution in [0.15, 0.2) is 33.8 Å². The average molecular weight is 487 g/mol. The van der Waals surface area contributed by atoms with E-state index >= 15 is 0 Å². The normalized spacial score (nSPS) is 29.0. The molecule has 1 aromatic rings. The van der Waals surface area contributed by atoms with Gasteiger partial charge in [0.15, 0.2) is 6.17 Å². The number of aliphatic hydroxyl groups is 1. The SMILES string of the molecule is CC(O)N1CCN(C2CCC(N3NC(c4ccc(F)c([N+](=O)[O-])c4)=C4C(N)=NC=NC43)CC2)CC1. The third-order valence-corrected chi connectivity index (χ3v) is 7.60. The lowest BCUT2D eigenvalue weighted by atomic mass is 9.89. The summed E-state index contributed by atoms with van der Waals surface area (Å²) in [5.41, 5.74) is 10.7. The Morgan fingerprint density at radius 3 is 2.54 bits per heavy atom. The van der Waals surface area contributed by atoms with Crippen molar-refractivity contribution < 1.29 is 14.4 Å². The van der Waals surface area contributed by atoms with Crippen molar-refractivity contribution in [1.29, 1.82) is 0 Å². The van der Waals surface area contributed by atoms with Gasteiger partial charge >= 0.3 is 5.69 Å². The van der Waals surface area contributed by atoms with E-state index in [1.54, 1.807) is 0 Å². The van der Waals surface area contributed by atoms with Gasteiger partial charge < -0.3 is 16.3 Å². The minimum Gasteiger partial charge on any atom is -0.383 e. The molecule has 1 aliphatic carbocycles. The Morgan fingerprint density at radius 1 is 1.20 bits per heavy atom. The lowest BCUT2D eigenvalue weighted by Gasteiger charge is -2.44. The Balaban J connectivity index is 1.30. The van der Waals surface area contributed by atoms with Gasteiger partial charge in [0.2, 0.25) is 5.82 Å². The van der Waals surface area contributed by atoms with Gasteiger partial charge in [0.05, 0.1) is 16.2 Å². The molecule has 0 bridgehead atoms. The van der Waals surface area contributed by atoms with Crippen molar-refractivity contribution in [2.75, 3.05) is 26.2 Å². The molecular formula is C23H31FN8O3. The van der Waals surface area contributed by atoms with Crippen LogP contribution in [0.2, 0.25) is 0 Å².